The average Bonchev–Trinajstić information content (AvgIpc) is 2.39. The molecule has 0 aliphatic heterocycles. The summed E-state index contributed by atoms with van der Waals surface area (Å²) in [4.78, 5) is 23.6. The number of carbonyl (C=O) groups is 2. The maximum Gasteiger partial charge on any atom is 0.336 e. The number of rotatable bonds is 5. The zero-order valence-electron chi connectivity index (χ0n) is 12.7. The zero-order chi connectivity index (χ0) is 15.3. The summed E-state index contributed by atoms with van der Waals surface area (Å²) in [6.45, 7) is 11.9. The Morgan fingerprint density at radius 1 is 0.950 bits per heavy atom. The number of hydrogen-bond acceptors (Lipinski definition) is 4. The first kappa shape index (κ1) is 16.5. The van der Waals surface area contributed by atoms with Gasteiger partial charge in [-0.1, -0.05) is 32.4 Å². The van der Waals surface area contributed by atoms with E-state index in [0.29, 0.717) is 11.1 Å². The van der Waals surface area contributed by atoms with E-state index < -0.39 is 17.7 Å². The molecule has 1 rings (SSSR count). The minimum atomic E-state index is -1.24. The molecule has 0 amide bonds. The highest BCUT2D eigenvalue weighted by molar-refractivity contribution is 5.89. The summed E-state index contributed by atoms with van der Waals surface area (Å²) in [5.41, 5.74) is 0.580. The van der Waals surface area contributed by atoms with Crippen LogP contribution in [-0.2, 0) is 19.1 Å². The lowest BCUT2D eigenvalue weighted by atomic mass is 9.83. The maximum atomic E-state index is 11.8. The standard InChI is InChI=1S/C16H24O4/c1-11(2)14(17)19-16(5,20-15(18)12(3)4)13-9-7-6-8-10-13/h13H,1,3,6-10H2,2,4-5H3. The van der Waals surface area contributed by atoms with Gasteiger partial charge < -0.3 is 9.47 Å². The molecule has 0 unspecified atom stereocenters. The Morgan fingerprint density at radius 3 is 1.70 bits per heavy atom. The Bertz CT molecular complexity index is 388. The fourth-order valence-electron chi connectivity index (χ4n) is 2.36. The molecule has 0 radical (unpaired) electrons. The van der Waals surface area contributed by atoms with Gasteiger partial charge in [0.05, 0.1) is 0 Å². The van der Waals surface area contributed by atoms with Gasteiger partial charge in [0.1, 0.15) is 0 Å². The first-order valence-corrected chi connectivity index (χ1v) is 7.04. The molecule has 4 heteroatoms. The van der Waals surface area contributed by atoms with Crippen LogP contribution in [0.3, 0.4) is 0 Å². The van der Waals surface area contributed by atoms with Crippen LogP contribution in [0.15, 0.2) is 24.3 Å². The van der Waals surface area contributed by atoms with E-state index in [1.54, 1.807) is 20.8 Å². The average molecular weight is 280 g/mol. The van der Waals surface area contributed by atoms with Gasteiger partial charge in [0.15, 0.2) is 0 Å². The van der Waals surface area contributed by atoms with Crippen molar-refractivity contribution in [1.29, 1.82) is 0 Å². The van der Waals surface area contributed by atoms with Crippen LogP contribution in [0.1, 0.15) is 52.9 Å². The first-order chi connectivity index (χ1) is 9.26. The Balaban J connectivity index is 2.91. The third-order valence-corrected chi connectivity index (χ3v) is 3.63. The molecule has 1 fully saturated rings. The maximum absolute atomic E-state index is 11.8. The van der Waals surface area contributed by atoms with Crippen molar-refractivity contribution in [2.24, 2.45) is 5.92 Å². The smallest absolute Gasteiger partial charge is 0.336 e. The van der Waals surface area contributed by atoms with E-state index >= 15 is 0 Å². The first-order valence-electron chi connectivity index (χ1n) is 7.04. The molecule has 1 saturated carbocycles. The molecular formula is C16H24O4. The Labute approximate surface area is 120 Å². The number of hydrogen-bond donors (Lipinski definition) is 0. The normalized spacial score (nSPS) is 16.4. The van der Waals surface area contributed by atoms with Crippen molar-refractivity contribution < 1.29 is 19.1 Å². The third kappa shape index (κ3) is 4.22. The molecule has 0 aromatic heterocycles. The highest BCUT2D eigenvalue weighted by Gasteiger charge is 2.42. The number of esters is 2. The molecule has 112 valence electrons. The van der Waals surface area contributed by atoms with Crippen molar-refractivity contribution in [1.82, 2.24) is 0 Å². The van der Waals surface area contributed by atoms with E-state index in [2.05, 4.69) is 13.2 Å². The van der Waals surface area contributed by atoms with Crippen LogP contribution < -0.4 is 0 Å². The minimum absolute atomic E-state index is 0.0165. The summed E-state index contributed by atoms with van der Waals surface area (Å²) >= 11 is 0. The number of carbonyl (C=O) groups excluding carboxylic acids is 2. The van der Waals surface area contributed by atoms with Crippen LogP contribution in [0.5, 0.6) is 0 Å². The van der Waals surface area contributed by atoms with Crippen molar-refractivity contribution in [2.75, 3.05) is 0 Å². The molecule has 1 aliphatic rings. The predicted octanol–water partition coefficient (Wildman–Crippen LogP) is 3.52. The van der Waals surface area contributed by atoms with Gasteiger partial charge >= 0.3 is 11.9 Å². The third-order valence-electron chi connectivity index (χ3n) is 3.63. The lowest BCUT2D eigenvalue weighted by Gasteiger charge is -2.38. The van der Waals surface area contributed by atoms with Crippen molar-refractivity contribution in [3.05, 3.63) is 24.3 Å². The summed E-state index contributed by atoms with van der Waals surface area (Å²) in [6, 6.07) is 0. The molecule has 0 bridgehead atoms. The van der Waals surface area contributed by atoms with Gasteiger partial charge in [-0.3, -0.25) is 0 Å². The quantitative estimate of drug-likeness (QED) is 0.439. The Morgan fingerprint density at radius 2 is 1.35 bits per heavy atom. The van der Waals surface area contributed by atoms with Gasteiger partial charge in [-0.05, 0) is 26.7 Å². The van der Waals surface area contributed by atoms with Crippen LogP contribution in [0.2, 0.25) is 0 Å². The molecule has 0 atom stereocenters. The van der Waals surface area contributed by atoms with E-state index in [9.17, 15) is 9.59 Å². The van der Waals surface area contributed by atoms with E-state index in [1.165, 1.54) is 0 Å². The van der Waals surface area contributed by atoms with E-state index in [0.717, 1.165) is 32.1 Å². The van der Waals surface area contributed by atoms with E-state index in [4.69, 9.17) is 9.47 Å². The molecule has 0 N–H and O–H groups in total. The zero-order valence-corrected chi connectivity index (χ0v) is 12.7. The van der Waals surface area contributed by atoms with Crippen molar-refractivity contribution >= 4 is 11.9 Å². The second-order valence-electron chi connectivity index (χ2n) is 5.69. The summed E-state index contributed by atoms with van der Waals surface area (Å²) in [5.74, 6) is -2.30. The van der Waals surface area contributed by atoms with Crippen LogP contribution in [0.4, 0.5) is 0 Å². The highest BCUT2D eigenvalue weighted by Crippen LogP contribution is 2.36. The lowest BCUT2D eigenvalue weighted by molar-refractivity contribution is -0.239. The van der Waals surface area contributed by atoms with Crippen LogP contribution in [-0.4, -0.2) is 17.7 Å². The fraction of sp³-hybridized carbons (Fsp3) is 0.625. The molecule has 0 aromatic rings. The van der Waals surface area contributed by atoms with Gasteiger partial charge in [-0.2, -0.15) is 0 Å². The lowest BCUT2D eigenvalue weighted by Crippen LogP contribution is -2.45. The summed E-state index contributed by atoms with van der Waals surface area (Å²) in [7, 11) is 0. The van der Waals surface area contributed by atoms with Crippen molar-refractivity contribution in [2.45, 2.75) is 58.7 Å². The van der Waals surface area contributed by atoms with E-state index in [1.807, 2.05) is 0 Å². The fourth-order valence-corrected chi connectivity index (χ4v) is 2.36. The SMILES string of the molecule is C=C(C)C(=O)OC(C)(OC(=O)C(=C)C)C1CCCCC1. The second-order valence-corrected chi connectivity index (χ2v) is 5.69. The summed E-state index contributed by atoms with van der Waals surface area (Å²) < 4.78 is 10.9. The summed E-state index contributed by atoms with van der Waals surface area (Å²) in [5, 5.41) is 0. The van der Waals surface area contributed by atoms with Crippen LogP contribution in [0.25, 0.3) is 0 Å². The molecule has 0 spiro atoms. The molecule has 4 nitrogen and oxygen atoms in total. The predicted molar refractivity (Wildman–Crippen MR) is 76.8 cm³/mol. The molecule has 0 saturated heterocycles. The molecule has 20 heavy (non-hydrogen) atoms. The topological polar surface area (TPSA) is 52.6 Å². The Kier molecular flexibility index (Phi) is 5.54. The van der Waals surface area contributed by atoms with Crippen molar-refractivity contribution in [3.8, 4) is 0 Å². The van der Waals surface area contributed by atoms with Gasteiger partial charge in [-0.15, -0.1) is 0 Å². The molecule has 0 heterocycles. The van der Waals surface area contributed by atoms with Gasteiger partial charge in [0, 0.05) is 24.0 Å². The Hall–Kier alpha value is -1.58. The molecule has 0 aromatic carbocycles. The second kappa shape index (κ2) is 6.73. The van der Waals surface area contributed by atoms with Crippen LogP contribution in [0, 0.1) is 5.92 Å². The highest BCUT2D eigenvalue weighted by atomic mass is 16.7. The minimum Gasteiger partial charge on any atom is -0.419 e. The van der Waals surface area contributed by atoms with Gasteiger partial charge in [-0.25, -0.2) is 9.59 Å². The van der Waals surface area contributed by atoms with Crippen molar-refractivity contribution in [3.63, 3.8) is 0 Å². The number of ether oxygens (including phenoxy) is 2. The largest absolute Gasteiger partial charge is 0.419 e. The van der Waals surface area contributed by atoms with Crippen LogP contribution >= 0.6 is 0 Å². The summed E-state index contributed by atoms with van der Waals surface area (Å²) in [6.07, 6.45) is 5.02. The molecule has 1 aliphatic carbocycles. The molecular weight excluding hydrogens is 256 g/mol. The van der Waals surface area contributed by atoms with Gasteiger partial charge in [0.2, 0.25) is 0 Å². The monoisotopic (exact) mass is 280 g/mol. The van der Waals surface area contributed by atoms with E-state index in [-0.39, 0.29) is 5.92 Å². The van der Waals surface area contributed by atoms with Gasteiger partial charge in [0.25, 0.3) is 5.79 Å².